The van der Waals surface area contributed by atoms with Gasteiger partial charge in [-0.3, -0.25) is 14.8 Å². The number of rotatable bonds is 3. The molecular weight excluding hydrogens is 228 g/mol. The van der Waals surface area contributed by atoms with Gasteiger partial charge in [-0.05, 0) is 30.7 Å². The average Bonchev–Trinajstić information content (AvgIpc) is 2.41. The van der Waals surface area contributed by atoms with Crippen molar-refractivity contribution in [3.63, 3.8) is 0 Å². The first-order chi connectivity index (χ1) is 8.69. The van der Waals surface area contributed by atoms with Crippen LogP contribution in [0.5, 0.6) is 0 Å². The summed E-state index contributed by atoms with van der Waals surface area (Å²) in [6.07, 6.45) is 3.21. The number of pyridine rings is 2. The number of aromatic nitrogens is 2. The predicted octanol–water partition coefficient (Wildman–Crippen LogP) is 1.50. The largest absolute Gasteiger partial charge is 0.326 e. The maximum absolute atomic E-state index is 11.9. The van der Waals surface area contributed by atoms with Gasteiger partial charge >= 0.3 is 0 Å². The fourth-order valence-electron chi connectivity index (χ4n) is 1.42. The summed E-state index contributed by atoms with van der Waals surface area (Å²) >= 11 is 0. The second-order valence-electron chi connectivity index (χ2n) is 3.90. The lowest BCUT2D eigenvalue weighted by molar-refractivity contribution is 0.102. The van der Waals surface area contributed by atoms with E-state index in [1.54, 1.807) is 30.6 Å². The molecule has 3 N–H and O–H groups in total. The number of carbonyl (C=O) groups is 1. The van der Waals surface area contributed by atoms with Crippen molar-refractivity contribution in [1.82, 2.24) is 9.97 Å². The van der Waals surface area contributed by atoms with Gasteiger partial charge in [-0.15, -0.1) is 0 Å². The van der Waals surface area contributed by atoms with Crippen LogP contribution in [0, 0.1) is 6.92 Å². The lowest BCUT2D eigenvalue weighted by Gasteiger charge is -2.05. The smallest absolute Gasteiger partial charge is 0.274 e. The highest BCUT2D eigenvalue weighted by atomic mass is 16.1. The summed E-state index contributed by atoms with van der Waals surface area (Å²) < 4.78 is 0. The fourth-order valence-corrected chi connectivity index (χ4v) is 1.42. The molecule has 0 aliphatic rings. The molecule has 0 saturated heterocycles. The zero-order valence-electron chi connectivity index (χ0n) is 10.1. The van der Waals surface area contributed by atoms with Gasteiger partial charge in [-0.1, -0.05) is 6.07 Å². The molecule has 0 aromatic carbocycles. The molecule has 1 amide bonds. The second kappa shape index (κ2) is 5.37. The molecule has 5 heteroatoms. The van der Waals surface area contributed by atoms with E-state index in [9.17, 15) is 4.79 Å². The van der Waals surface area contributed by atoms with Crippen LogP contribution in [-0.2, 0) is 6.54 Å². The van der Waals surface area contributed by atoms with Gasteiger partial charge in [0.1, 0.15) is 5.69 Å². The number of amides is 1. The van der Waals surface area contributed by atoms with E-state index in [2.05, 4.69) is 15.3 Å². The summed E-state index contributed by atoms with van der Waals surface area (Å²) in [6, 6.07) is 7.07. The summed E-state index contributed by atoms with van der Waals surface area (Å²) in [5, 5.41) is 2.73. The third kappa shape index (κ3) is 2.89. The maximum Gasteiger partial charge on any atom is 0.274 e. The molecule has 2 aromatic rings. The van der Waals surface area contributed by atoms with E-state index in [4.69, 9.17) is 5.73 Å². The van der Waals surface area contributed by atoms with Gasteiger partial charge in [0, 0.05) is 18.4 Å². The Balaban J connectivity index is 2.09. The highest BCUT2D eigenvalue weighted by Crippen LogP contribution is 2.08. The fraction of sp³-hybridized carbons (Fsp3) is 0.154. The van der Waals surface area contributed by atoms with Crippen LogP contribution >= 0.6 is 0 Å². The van der Waals surface area contributed by atoms with Crippen molar-refractivity contribution in [2.75, 3.05) is 5.32 Å². The predicted molar refractivity (Wildman–Crippen MR) is 69.1 cm³/mol. The molecule has 5 nitrogen and oxygen atoms in total. The molecule has 0 unspecified atom stereocenters. The Morgan fingerprint density at radius 1 is 1.22 bits per heavy atom. The normalized spacial score (nSPS) is 10.1. The van der Waals surface area contributed by atoms with Gasteiger partial charge in [0.15, 0.2) is 0 Å². The third-order valence-corrected chi connectivity index (χ3v) is 2.46. The summed E-state index contributed by atoms with van der Waals surface area (Å²) in [7, 11) is 0. The molecule has 18 heavy (non-hydrogen) atoms. The van der Waals surface area contributed by atoms with E-state index in [1.165, 1.54) is 0 Å². The molecule has 0 fully saturated rings. The molecule has 0 radical (unpaired) electrons. The molecule has 0 bridgehead atoms. The van der Waals surface area contributed by atoms with Gasteiger partial charge in [0.05, 0.1) is 11.9 Å². The van der Waals surface area contributed by atoms with Crippen LogP contribution in [0.3, 0.4) is 0 Å². The highest BCUT2D eigenvalue weighted by molar-refractivity contribution is 6.02. The topological polar surface area (TPSA) is 80.9 Å². The quantitative estimate of drug-likeness (QED) is 0.854. The van der Waals surface area contributed by atoms with Gasteiger partial charge in [0.2, 0.25) is 0 Å². The number of aryl methyl sites for hydroxylation is 1. The lowest BCUT2D eigenvalue weighted by Crippen LogP contribution is -2.14. The minimum absolute atomic E-state index is 0.260. The Morgan fingerprint density at radius 3 is 2.61 bits per heavy atom. The van der Waals surface area contributed by atoms with Crippen LogP contribution in [0.2, 0.25) is 0 Å². The summed E-state index contributed by atoms with van der Waals surface area (Å²) in [4.78, 5) is 20.0. The van der Waals surface area contributed by atoms with Gasteiger partial charge in [-0.25, -0.2) is 0 Å². The van der Waals surface area contributed by atoms with E-state index in [0.717, 1.165) is 11.3 Å². The maximum atomic E-state index is 11.9. The molecule has 0 saturated carbocycles. The monoisotopic (exact) mass is 242 g/mol. The Morgan fingerprint density at radius 2 is 2.06 bits per heavy atom. The second-order valence-corrected chi connectivity index (χ2v) is 3.90. The van der Waals surface area contributed by atoms with Crippen molar-refractivity contribution < 1.29 is 4.79 Å². The molecule has 2 aromatic heterocycles. The summed E-state index contributed by atoms with van der Waals surface area (Å²) in [6.45, 7) is 2.30. The first-order valence-corrected chi connectivity index (χ1v) is 5.58. The zero-order valence-corrected chi connectivity index (χ0v) is 10.1. The Bertz CT molecular complexity index is 534. The number of carbonyl (C=O) groups excluding carboxylic acids is 1. The molecule has 0 aliphatic carbocycles. The molecule has 0 spiro atoms. The highest BCUT2D eigenvalue weighted by Gasteiger charge is 2.07. The van der Waals surface area contributed by atoms with Gasteiger partial charge < -0.3 is 11.1 Å². The standard InChI is InChI=1S/C13H14N4O/c1-9-2-4-11(8-15-9)17-13(18)12-5-3-10(6-14)7-16-12/h2-5,7-8H,6,14H2,1H3,(H,17,18). The minimum Gasteiger partial charge on any atom is -0.326 e. The van der Waals surface area contributed by atoms with E-state index in [-0.39, 0.29) is 5.91 Å². The number of hydrogen-bond acceptors (Lipinski definition) is 4. The van der Waals surface area contributed by atoms with Crippen molar-refractivity contribution in [3.8, 4) is 0 Å². The van der Waals surface area contributed by atoms with E-state index in [1.807, 2.05) is 13.0 Å². The van der Waals surface area contributed by atoms with E-state index < -0.39 is 0 Å². The Labute approximate surface area is 105 Å². The first-order valence-electron chi connectivity index (χ1n) is 5.58. The van der Waals surface area contributed by atoms with E-state index >= 15 is 0 Å². The van der Waals surface area contributed by atoms with Crippen molar-refractivity contribution in [2.45, 2.75) is 13.5 Å². The van der Waals surface area contributed by atoms with Crippen LogP contribution in [-0.4, -0.2) is 15.9 Å². The zero-order chi connectivity index (χ0) is 13.0. The lowest BCUT2D eigenvalue weighted by atomic mass is 10.2. The first kappa shape index (κ1) is 12.2. The molecule has 0 atom stereocenters. The number of nitrogens with two attached hydrogens (primary N) is 1. The molecule has 92 valence electrons. The molecule has 2 rings (SSSR count). The average molecular weight is 242 g/mol. The van der Waals surface area contributed by atoms with Crippen LogP contribution in [0.4, 0.5) is 5.69 Å². The third-order valence-electron chi connectivity index (χ3n) is 2.46. The minimum atomic E-state index is -0.260. The Kier molecular flexibility index (Phi) is 3.64. The van der Waals surface area contributed by atoms with Gasteiger partial charge in [-0.2, -0.15) is 0 Å². The summed E-state index contributed by atoms with van der Waals surface area (Å²) in [5.74, 6) is -0.260. The van der Waals surface area contributed by atoms with E-state index in [0.29, 0.717) is 17.9 Å². The SMILES string of the molecule is Cc1ccc(NC(=O)c2ccc(CN)cn2)cn1. The van der Waals surface area contributed by atoms with Crippen LogP contribution < -0.4 is 11.1 Å². The van der Waals surface area contributed by atoms with Gasteiger partial charge in [0.25, 0.3) is 5.91 Å². The Hall–Kier alpha value is -2.27. The van der Waals surface area contributed by atoms with Crippen molar-refractivity contribution in [3.05, 3.63) is 53.6 Å². The van der Waals surface area contributed by atoms with Crippen LogP contribution in [0.1, 0.15) is 21.7 Å². The number of nitrogens with zero attached hydrogens (tertiary/aromatic N) is 2. The number of hydrogen-bond donors (Lipinski definition) is 2. The number of anilines is 1. The number of nitrogens with one attached hydrogen (secondary N) is 1. The van der Waals surface area contributed by atoms with Crippen molar-refractivity contribution in [2.24, 2.45) is 5.73 Å². The molecular formula is C13H14N4O. The van der Waals surface area contributed by atoms with Crippen molar-refractivity contribution in [1.29, 1.82) is 0 Å². The molecule has 0 aliphatic heterocycles. The molecule has 2 heterocycles. The van der Waals surface area contributed by atoms with Crippen molar-refractivity contribution >= 4 is 11.6 Å². The van der Waals surface area contributed by atoms with Crippen LogP contribution in [0.25, 0.3) is 0 Å². The summed E-state index contributed by atoms with van der Waals surface area (Å²) in [5.41, 5.74) is 8.26. The van der Waals surface area contributed by atoms with Crippen LogP contribution in [0.15, 0.2) is 36.7 Å².